The Morgan fingerprint density at radius 3 is 2.63 bits per heavy atom. The van der Waals surface area contributed by atoms with Gasteiger partial charge in [-0.15, -0.1) is 0 Å². The number of hydrogen-bond donors (Lipinski definition) is 1. The molecule has 1 N–H and O–H groups in total. The molecule has 0 fully saturated rings. The Morgan fingerprint density at radius 2 is 1.80 bits per heavy atom. The Kier molecular flexibility index (Phi) is 4.77. The molecule has 30 heavy (non-hydrogen) atoms. The van der Waals surface area contributed by atoms with Gasteiger partial charge in [-0.25, -0.2) is 14.4 Å². The van der Waals surface area contributed by atoms with E-state index >= 15 is 0 Å². The zero-order valence-corrected chi connectivity index (χ0v) is 17.0. The fraction of sp³-hybridized carbons (Fsp3) is 0.0455. The van der Waals surface area contributed by atoms with Crippen molar-refractivity contribution in [1.82, 2.24) is 14.4 Å². The average Bonchev–Trinajstić information content (AvgIpc) is 3.14. The lowest BCUT2D eigenvalue weighted by Crippen LogP contribution is -2.15. The highest BCUT2D eigenvalue weighted by atomic mass is 35.5. The molecule has 0 unspecified atom stereocenters. The number of carbonyl (C=O) groups excluding carboxylic acids is 1. The number of fused-ring (bicyclic) bond motifs is 5. The van der Waals surface area contributed by atoms with E-state index in [2.05, 4.69) is 5.32 Å². The number of hydrogen-bond acceptors (Lipinski definition) is 4. The number of para-hydroxylation sites is 3. The molecule has 0 bridgehead atoms. The van der Waals surface area contributed by atoms with Crippen LogP contribution in [0.15, 0.2) is 71.9 Å². The Hall–Kier alpha value is -3.16. The van der Waals surface area contributed by atoms with Gasteiger partial charge in [-0.3, -0.25) is 9.20 Å². The van der Waals surface area contributed by atoms with Gasteiger partial charge in [0.1, 0.15) is 11.5 Å². The van der Waals surface area contributed by atoms with E-state index in [9.17, 15) is 9.18 Å². The average molecular weight is 437 g/mol. The fourth-order valence-corrected chi connectivity index (χ4v) is 4.34. The Morgan fingerprint density at radius 1 is 1.03 bits per heavy atom. The number of anilines is 1. The quantitative estimate of drug-likeness (QED) is 0.296. The third-order valence-electron chi connectivity index (χ3n) is 4.65. The van der Waals surface area contributed by atoms with Gasteiger partial charge < -0.3 is 5.32 Å². The molecule has 0 saturated carbocycles. The fourth-order valence-electron chi connectivity index (χ4n) is 3.32. The van der Waals surface area contributed by atoms with Crippen molar-refractivity contribution in [3.63, 3.8) is 0 Å². The van der Waals surface area contributed by atoms with Crippen LogP contribution in [0.5, 0.6) is 0 Å². The minimum absolute atomic E-state index is 0.112. The zero-order valence-electron chi connectivity index (χ0n) is 15.5. The molecule has 0 spiro atoms. The van der Waals surface area contributed by atoms with Crippen LogP contribution in [0.4, 0.5) is 10.1 Å². The lowest BCUT2D eigenvalue weighted by molar-refractivity contribution is -0.113. The number of thioether (sulfide) groups is 1. The van der Waals surface area contributed by atoms with E-state index in [4.69, 9.17) is 21.6 Å². The second kappa shape index (κ2) is 7.59. The largest absolute Gasteiger partial charge is 0.324 e. The summed E-state index contributed by atoms with van der Waals surface area (Å²) in [5.41, 5.74) is 3.76. The number of aromatic nitrogens is 3. The number of imidazole rings is 1. The van der Waals surface area contributed by atoms with Crippen LogP contribution < -0.4 is 5.32 Å². The first kappa shape index (κ1) is 18.8. The number of amides is 1. The highest BCUT2D eigenvalue weighted by molar-refractivity contribution is 7.99. The molecule has 0 aliphatic heterocycles. The monoisotopic (exact) mass is 436 g/mol. The van der Waals surface area contributed by atoms with Crippen molar-refractivity contribution in [3.05, 3.63) is 77.6 Å². The van der Waals surface area contributed by atoms with E-state index < -0.39 is 5.82 Å². The van der Waals surface area contributed by atoms with E-state index in [1.807, 2.05) is 52.9 Å². The summed E-state index contributed by atoms with van der Waals surface area (Å²) in [5, 5.41) is 4.48. The molecule has 1 amide bonds. The van der Waals surface area contributed by atoms with E-state index in [1.165, 1.54) is 23.9 Å². The minimum atomic E-state index is -0.456. The van der Waals surface area contributed by atoms with Gasteiger partial charge in [-0.05, 0) is 42.5 Å². The number of rotatable bonds is 4. The van der Waals surface area contributed by atoms with Gasteiger partial charge in [0, 0.05) is 5.39 Å². The first-order valence-electron chi connectivity index (χ1n) is 9.14. The normalized spacial score (nSPS) is 11.4. The number of carbonyl (C=O) groups is 1. The summed E-state index contributed by atoms with van der Waals surface area (Å²) in [7, 11) is 0. The van der Waals surface area contributed by atoms with Crippen molar-refractivity contribution >= 4 is 62.5 Å². The van der Waals surface area contributed by atoms with E-state index in [1.54, 1.807) is 0 Å². The molecule has 0 atom stereocenters. The van der Waals surface area contributed by atoms with Crippen LogP contribution in [0, 0.1) is 5.82 Å². The Bertz CT molecular complexity index is 1440. The van der Waals surface area contributed by atoms with Crippen molar-refractivity contribution in [2.75, 3.05) is 11.1 Å². The predicted molar refractivity (Wildman–Crippen MR) is 119 cm³/mol. The van der Waals surface area contributed by atoms with Crippen molar-refractivity contribution in [3.8, 4) is 0 Å². The SMILES string of the molecule is O=C(CSc1nc2ccccc2c2nc3ccccc3n12)Nc1ccc(F)cc1Cl. The Balaban J connectivity index is 1.51. The number of halogens is 2. The summed E-state index contributed by atoms with van der Waals surface area (Å²) in [6.07, 6.45) is 0. The first-order valence-corrected chi connectivity index (χ1v) is 10.5. The van der Waals surface area contributed by atoms with Gasteiger partial charge in [-0.1, -0.05) is 47.6 Å². The molecule has 5 rings (SSSR count). The molecular formula is C22H14ClFN4OS. The highest BCUT2D eigenvalue weighted by Gasteiger charge is 2.15. The molecule has 0 aliphatic carbocycles. The van der Waals surface area contributed by atoms with Gasteiger partial charge >= 0.3 is 0 Å². The molecule has 3 aromatic carbocycles. The van der Waals surface area contributed by atoms with Crippen molar-refractivity contribution < 1.29 is 9.18 Å². The van der Waals surface area contributed by atoms with Crippen LogP contribution in [0.1, 0.15) is 0 Å². The highest BCUT2D eigenvalue weighted by Crippen LogP contribution is 2.29. The van der Waals surface area contributed by atoms with Crippen LogP contribution in [0.25, 0.3) is 27.6 Å². The summed E-state index contributed by atoms with van der Waals surface area (Å²) in [5.74, 6) is -0.608. The number of nitrogens with one attached hydrogen (secondary N) is 1. The minimum Gasteiger partial charge on any atom is -0.324 e. The molecule has 0 saturated heterocycles. The predicted octanol–water partition coefficient (Wildman–Crippen LogP) is 5.56. The number of benzene rings is 3. The van der Waals surface area contributed by atoms with Crippen LogP contribution >= 0.6 is 23.4 Å². The molecule has 8 heteroatoms. The van der Waals surface area contributed by atoms with E-state index in [0.717, 1.165) is 33.6 Å². The molecule has 148 valence electrons. The topological polar surface area (TPSA) is 59.3 Å². The second-order valence-electron chi connectivity index (χ2n) is 6.63. The van der Waals surface area contributed by atoms with Crippen LogP contribution in [-0.4, -0.2) is 26.0 Å². The third kappa shape index (κ3) is 3.36. The summed E-state index contributed by atoms with van der Waals surface area (Å²) in [6, 6.07) is 19.5. The summed E-state index contributed by atoms with van der Waals surface area (Å²) < 4.78 is 15.2. The molecule has 0 aliphatic rings. The molecule has 5 aromatic rings. The van der Waals surface area contributed by atoms with Crippen molar-refractivity contribution in [2.45, 2.75) is 5.16 Å². The third-order valence-corrected chi connectivity index (χ3v) is 5.90. The Labute approximate surface area is 179 Å². The van der Waals surface area contributed by atoms with Crippen LogP contribution in [0.3, 0.4) is 0 Å². The first-order chi connectivity index (χ1) is 14.6. The van der Waals surface area contributed by atoms with Gasteiger partial charge in [0.25, 0.3) is 0 Å². The molecule has 0 radical (unpaired) electrons. The molecule has 2 aromatic heterocycles. The molecule has 5 nitrogen and oxygen atoms in total. The van der Waals surface area contributed by atoms with Gasteiger partial charge in [0.2, 0.25) is 5.91 Å². The molecule has 2 heterocycles. The summed E-state index contributed by atoms with van der Waals surface area (Å²) >= 11 is 7.30. The van der Waals surface area contributed by atoms with Crippen molar-refractivity contribution in [1.29, 1.82) is 0 Å². The second-order valence-corrected chi connectivity index (χ2v) is 7.98. The van der Waals surface area contributed by atoms with Crippen LogP contribution in [-0.2, 0) is 4.79 Å². The standard InChI is InChI=1S/C22H14ClFN4OS/c23-15-11-13(24)9-10-17(15)25-20(29)12-30-22-27-16-6-2-1-5-14(16)21-26-18-7-3-4-8-19(18)28(21)22/h1-11H,12H2,(H,25,29). The van der Waals surface area contributed by atoms with E-state index in [-0.39, 0.29) is 16.7 Å². The lowest BCUT2D eigenvalue weighted by Gasteiger charge is -2.09. The van der Waals surface area contributed by atoms with Crippen LogP contribution in [0.2, 0.25) is 5.02 Å². The van der Waals surface area contributed by atoms with Gasteiger partial charge in [0.15, 0.2) is 5.16 Å². The maximum Gasteiger partial charge on any atom is 0.234 e. The van der Waals surface area contributed by atoms with Gasteiger partial charge in [0.05, 0.1) is 33.0 Å². The lowest BCUT2D eigenvalue weighted by atomic mass is 10.2. The number of nitrogens with zero attached hydrogens (tertiary/aromatic N) is 3. The summed E-state index contributed by atoms with van der Waals surface area (Å²) in [6.45, 7) is 0. The maximum atomic E-state index is 13.2. The zero-order chi connectivity index (χ0) is 20.7. The van der Waals surface area contributed by atoms with Crippen molar-refractivity contribution in [2.24, 2.45) is 0 Å². The van der Waals surface area contributed by atoms with E-state index in [0.29, 0.717) is 10.8 Å². The summed E-state index contributed by atoms with van der Waals surface area (Å²) in [4.78, 5) is 22.0. The smallest absolute Gasteiger partial charge is 0.234 e. The van der Waals surface area contributed by atoms with Gasteiger partial charge in [-0.2, -0.15) is 0 Å². The maximum absolute atomic E-state index is 13.2. The molecular weight excluding hydrogens is 423 g/mol.